The molecule has 0 spiro atoms. The largest absolute Gasteiger partial charge is 0.461 e. The van der Waals surface area contributed by atoms with Gasteiger partial charge in [-0.15, -0.1) is 0 Å². The summed E-state index contributed by atoms with van der Waals surface area (Å²) < 4.78 is 11.6. The van der Waals surface area contributed by atoms with Crippen LogP contribution in [0.5, 0.6) is 0 Å². The van der Waals surface area contributed by atoms with Crippen molar-refractivity contribution >= 4 is 5.97 Å². The molecule has 0 amide bonds. The molecule has 6 atom stereocenters. The van der Waals surface area contributed by atoms with Crippen LogP contribution in [0.2, 0.25) is 0 Å². The fourth-order valence-corrected chi connectivity index (χ4v) is 5.55. The molecule has 4 aliphatic rings. The van der Waals surface area contributed by atoms with Gasteiger partial charge < -0.3 is 9.47 Å². The first kappa shape index (κ1) is 13.1. The highest BCUT2D eigenvalue weighted by Crippen LogP contribution is 2.54. The van der Waals surface area contributed by atoms with E-state index in [0.29, 0.717) is 24.4 Å². The maximum Gasteiger partial charge on any atom is 0.306 e. The molecular formula is C17H26O3. The third kappa shape index (κ3) is 1.85. The van der Waals surface area contributed by atoms with Gasteiger partial charge in [-0.2, -0.15) is 0 Å². The number of carbonyl (C=O) groups is 1. The highest BCUT2D eigenvalue weighted by atomic mass is 16.6. The van der Waals surface area contributed by atoms with Gasteiger partial charge in [0, 0.05) is 24.4 Å². The van der Waals surface area contributed by atoms with Gasteiger partial charge in [0.25, 0.3) is 0 Å². The van der Waals surface area contributed by atoms with Crippen molar-refractivity contribution in [2.75, 3.05) is 6.61 Å². The first-order valence-corrected chi connectivity index (χ1v) is 8.37. The van der Waals surface area contributed by atoms with E-state index >= 15 is 0 Å². The van der Waals surface area contributed by atoms with Crippen LogP contribution in [0.15, 0.2) is 0 Å². The first-order chi connectivity index (χ1) is 9.55. The Hall–Kier alpha value is -0.570. The number of esters is 1. The normalized spacial score (nSPS) is 47.9. The quantitative estimate of drug-likeness (QED) is 0.744. The number of hydrogen-bond acceptors (Lipinski definition) is 3. The second-order valence-corrected chi connectivity index (χ2v) is 8.11. The first-order valence-electron chi connectivity index (χ1n) is 8.37. The van der Waals surface area contributed by atoms with Gasteiger partial charge in [0.1, 0.15) is 6.10 Å². The summed E-state index contributed by atoms with van der Waals surface area (Å²) in [5, 5.41) is 0. The fraction of sp³-hybridized carbons (Fsp3) is 0.941. The van der Waals surface area contributed by atoms with E-state index in [4.69, 9.17) is 9.47 Å². The van der Waals surface area contributed by atoms with Gasteiger partial charge in [0.05, 0.1) is 6.10 Å². The SMILES string of the molecule is CC1(C)[C@@H]2OCC[C@@H]2[C@H]1OC(=O)C[C@H]1C[C@H]2CC[C@H]1C2. The second-order valence-electron chi connectivity index (χ2n) is 8.11. The maximum absolute atomic E-state index is 12.3. The molecule has 3 heteroatoms. The van der Waals surface area contributed by atoms with E-state index in [1.165, 1.54) is 25.7 Å². The molecule has 0 unspecified atom stereocenters. The molecule has 4 fully saturated rings. The minimum absolute atomic E-state index is 0.00546. The van der Waals surface area contributed by atoms with Crippen LogP contribution in [0, 0.1) is 29.1 Å². The van der Waals surface area contributed by atoms with E-state index in [2.05, 4.69) is 13.8 Å². The molecule has 0 aromatic rings. The number of ether oxygens (including phenoxy) is 2. The zero-order valence-corrected chi connectivity index (χ0v) is 12.6. The number of hydrogen-bond donors (Lipinski definition) is 0. The molecule has 0 aromatic carbocycles. The highest BCUT2D eigenvalue weighted by molar-refractivity contribution is 5.70. The van der Waals surface area contributed by atoms with E-state index < -0.39 is 0 Å². The van der Waals surface area contributed by atoms with Crippen LogP contribution >= 0.6 is 0 Å². The smallest absolute Gasteiger partial charge is 0.306 e. The topological polar surface area (TPSA) is 35.5 Å². The molecule has 4 rings (SSSR count). The van der Waals surface area contributed by atoms with Crippen LogP contribution in [-0.2, 0) is 14.3 Å². The molecule has 3 nitrogen and oxygen atoms in total. The Morgan fingerprint density at radius 1 is 1.25 bits per heavy atom. The van der Waals surface area contributed by atoms with Gasteiger partial charge in [0.2, 0.25) is 0 Å². The van der Waals surface area contributed by atoms with Crippen LogP contribution in [-0.4, -0.2) is 24.8 Å². The van der Waals surface area contributed by atoms with Crippen molar-refractivity contribution in [3.05, 3.63) is 0 Å². The third-order valence-electron chi connectivity index (χ3n) is 6.56. The Morgan fingerprint density at radius 3 is 2.80 bits per heavy atom. The zero-order valence-electron chi connectivity index (χ0n) is 12.6. The van der Waals surface area contributed by atoms with Crippen molar-refractivity contribution < 1.29 is 14.3 Å². The predicted octanol–water partition coefficient (Wildman–Crippen LogP) is 3.17. The minimum atomic E-state index is 0.00546. The monoisotopic (exact) mass is 278 g/mol. The molecule has 20 heavy (non-hydrogen) atoms. The van der Waals surface area contributed by atoms with Gasteiger partial charge in [-0.25, -0.2) is 0 Å². The van der Waals surface area contributed by atoms with Crippen LogP contribution in [0.1, 0.15) is 52.4 Å². The van der Waals surface area contributed by atoms with E-state index in [-0.39, 0.29) is 17.5 Å². The Morgan fingerprint density at radius 2 is 2.10 bits per heavy atom. The molecule has 3 aliphatic carbocycles. The second kappa shape index (κ2) is 4.46. The van der Waals surface area contributed by atoms with Gasteiger partial charge in [-0.3, -0.25) is 4.79 Å². The fourth-order valence-electron chi connectivity index (χ4n) is 5.55. The van der Waals surface area contributed by atoms with Crippen molar-refractivity contribution in [2.45, 2.75) is 64.6 Å². The Kier molecular flexibility index (Phi) is 2.93. The van der Waals surface area contributed by atoms with Gasteiger partial charge in [-0.1, -0.05) is 20.3 Å². The molecule has 2 bridgehead atoms. The van der Waals surface area contributed by atoms with E-state index in [1.807, 2.05) is 0 Å². The lowest BCUT2D eigenvalue weighted by molar-refractivity contribution is -0.210. The summed E-state index contributed by atoms with van der Waals surface area (Å²) in [5.41, 5.74) is 0.00546. The molecule has 0 radical (unpaired) electrons. The number of rotatable bonds is 3. The summed E-state index contributed by atoms with van der Waals surface area (Å²) in [7, 11) is 0. The molecular weight excluding hydrogens is 252 g/mol. The molecule has 3 saturated carbocycles. The Labute approximate surface area is 121 Å². The third-order valence-corrected chi connectivity index (χ3v) is 6.56. The van der Waals surface area contributed by atoms with Crippen molar-refractivity contribution in [3.8, 4) is 0 Å². The van der Waals surface area contributed by atoms with Crippen molar-refractivity contribution in [2.24, 2.45) is 29.1 Å². The predicted molar refractivity (Wildman–Crippen MR) is 75.1 cm³/mol. The number of fused-ring (bicyclic) bond motifs is 3. The highest BCUT2D eigenvalue weighted by Gasteiger charge is 2.61. The van der Waals surface area contributed by atoms with Crippen molar-refractivity contribution in [3.63, 3.8) is 0 Å². The Bertz CT molecular complexity index is 416. The maximum atomic E-state index is 12.3. The average Bonchev–Trinajstić information content (AvgIpc) is 3.11. The Balaban J connectivity index is 1.34. The van der Waals surface area contributed by atoms with Crippen molar-refractivity contribution in [1.29, 1.82) is 0 Å². The van der Waals surface area contributed by atoms with E-state index in [1.54, 1.807) is 0 Å². The van der Waals surface area contributed by atoms with Crippen LogP contribution in [0.4, 0.5) is 0 Å². The van der Waals surface area contributed by atoms with E-state index in [9.17, 15) is 4.79 Å². The van der Waals surface area contributed by atoms with Gasteiger partial charge in [-0.05, 0) is 43.4 Å². The zero-order chi connectivity index (χ0) is 13.9. The minimum Gasteiger partial charge on any atom is -0.461 e. The van der Waals surface area contributed by atoms with Crippen LogP contribution in [0.25, 0.3) is 0 Å². The average molecular weight is 278 g/mol. The lowest BCUT2D eigenvalue weighted by Crippen LogP contribution is -2.61. The number of carbonyl (C=O) groups excluding carboxylic acids is 1. The molecule has 1 aliphatic heterocycles. The summed E-state index contributed by atoms with van der Waals surface area (Å²) in [4.78, 5) is 12.3. The summed E-state index contributed by atoms with van der Waals surface area (Å²) in [6.45, 7) is 5.18. The summed E-state index contributed by atoms with van der Waals surface area (Å²) in [6.07, 6.45) is 7.48. The lowest BCUT2D eigenvalue weighted by atomic mass is 9.59. The standard InChI is InChI=1S/C17H26O3/c1-17(2)15-13(5-6-19-15)16(17)20-14(18)9-12-8-10-3-4-11(12)7-10/h10-13,15-16H,3-9H2,1-2H3/t10-,11-,12+,13-,15+,16+/m0/s1. The van der Waals surface area contributed by atoms with Gasteiger partial charge >= 0.3 is 5.97 Å². The van der Waals surface area contributed by atoms with E-state index in [0.717, 1.165) is 24.9 Å². The van der Waals surface area contributed by atoms with Crippen molar-refractivity contribution in [1.82, 2.24) is 0 Å². The molecule has 0 aromatic heterocycles. The van der Waals surface area contributed by atoms with Crippen LogP contribution < -0.4 is 0 Å². The molecule has 1 heterocycles. The molecule has 112 valence electrons. The van der Waals surface area contributed by atoms with Crippen LogP contribution in [0.3, 0.4) is 0 Å². The summed E-state index contributed by atoms with van der Waals surface area (Å²) >= 11 is 0. The lowest BCUT2D eigenvalue weighted by Gasteiger charge is -2.53. The molecule has 0 N–H and O–H groups in total. The van der Waals surface area contributed by atoms with Gasteiger partial charge in [0.15, 0.2) is 0 Å². The summed E-state index contributed by atoms with van der Waals surface area (Å²) in [6, 6.07) is 0. The molecule has 1 saturated heterocycles. The summed E-state index contributed by atoms with van der Waals surface area (Å²) in [5.74, 6) is 2.83.